The van der Waals surface area contributed by atoms with Crippen LogP contribution in [0, 0.1) is 0 Å². The number of carbonyl (C=O) groups excluding carboxylic acids is 1. The summed E-state index contributed by atoms with van der Waals surface area (Å²) in [5, 5.41) is 0. The van der Waals surface area contributed by atoms with Crippen LogP contribution < -0.4 is 5.48 Å². The van der Waals surface area contributed by atoms with Gasteiger partial charge in [-0.3, -0.25) is 4.79 Å². The molecule has 3 heterocycles. The molecule has 0 spiro atoms. The van der Waals surface area contributed by atoms with Crippen LogP contribution in [-0.4, -0.2) is 65.0 Å². The second kappa shape index (κ2) is 12.1. The van der Waals surface area contributed by atoms with Crippen molar-refractivity contribution < 1.29 is 31.2 Å². The van der Waals surface area contributed by atoms with Crippen molar-refractivity contribution in [3.63, 3.8) is 0 Å². The van der Waals surface area contributed by atoms with Crippen molar-refractivity contribution in [3.05, 3.63) is 46.8 Å². The Balaban J connectivity index is 1.65. The second-order valence-electron chi connectivity index (χ2n) is 9.95. The molecule has 2 fully saturated rings. The van der Waals surface area contributed by atoms with Crippen LogP contribution in [0.15, 0.2) is 36.4 Å². The zero-order chi connectivity index (χ0) is 27.4. The Morgan fingerprint density at radius 3 is 2.61 bits per heavy atom. The highest BCUT2D eigenvalue weighted by Crippen LogP contribution is 2.45. The van der Waals surface area contributed by atoms with Crippen molar-refractivity contribution in [2.24, 2.45) is 0 Å². The molecule has 1 N–H and O–H groups in total. The standard InChI is InChI=1S/C26H36N2O7S3/c1-3-6-20-8-10-21(11-9-20)22-12-13-23(36-22)26(19-24(29)27-35-25-7-4-5-17-34-25)14-15-28(37(2,30)31)16-18-38(26,32)33/h8-13,25H,3-7,14-19H2,1-2H3,(H,27,29). The van der Waals surface area contributed by atoms with Gasteiger partial charge >= 0.3 is 0 Å². The maximum atomic E-state index is 13.8. The lowest BCUT2D eigenvalue weighted by molar-refractivity contribution is -0.200. The van der Waals surface area contributed by atoms with E-state index in [4.69, 9.17) is 9.57 Å². The van der Waals surface area contributed by atoms with E-state index in [2.05, 4.69) is 24.5 Å². The molecule has 0 radical (unpaired) electrons. The number of amides is 1. The first-order valence-corrected chi connectivity index (χ1v) is 17.3. The molecule has 2 aliphatic rings. The number of carbonyl (C=O) groups is 1. The molecule has 2 saturated heterocycles. The minimum absolute atomic E-state index is 0.00309. The maximum absolute atomic E-state index is 13.8. The number of hydroxylamine groups is 1. The predicted molar refractivity (Wildman–Crippen MR) is 148 cm³/mol. The van der Waals surface area contributed by atoms with Gasteiger partial charge in [-0.2, -0.15) is 0 Å². The normalized spacial score (nSPS) is 24.5. The van der Waals surface area contributed by atoms with E-state index in [1.165, 1.54) is 21.2 Å². The van der Waals surface area contributed by atoms with Gasteiger partial charge < -0.3 is 4.74 Å². The van der Waals surface area contributed by atoms with Crippen LogP contribution in [0.2, 0.25) is 0 Å². The van der Waals surface area contributed by atoms with Crippen molar-refractivity contribution in [2.75, 3.05) is 31.7 Å². The monoisotopic (exact) mass is 584 g/mol. The lowest BCUT2D eigenvalue weighted by Crippen LogP contribution is -2.43. The van der Waals surface area contributed by atoms with Gasteiger partial charge in [0, 0.05) is 35.9 Å². The molecule has 0 saturated carbocycles. The summed E-state index contributed by atoms with van der Waals surface area (Å²) in [7, 11) is -7.53. The molecule has 38 heavy (non-hydrogen) atoms. The number of hydrogen-bond acceptors (Lipinski definition) is 8. The van der Waals surface area contributed by atoms with Crippen LogP contribution in [0.1, 0.15) is 55.9 Å². The summed E-state index contributed by atoms with van der Waals surface area (Å²) in [6.45, 7) is 2.52. The molecule has 9 nitrogen and oxygen atoms in total. The second-order valence-corrected chi connectivity index (χ2v) is 15.4. The summed E-state index contributed by atoms with van der Waals surface area (Å²) >= 11 is 1.33. The van der Waals surface area contributed by atoms with Gasteiger partial charge in [-0.15, -0.1) is 11.3 Å². The van der Waals surface area contributed by atoms with E-state index in [1.807, 2.05) is 18.2 Å². The van der Waals surface area contributed by atoms with Gasteiger partial charge in [0.1, 0.15) is 4.75 Å². The summed E-state index contributed by atoms with van der Waals surface area (Å²) < 4.78 is 57.3. The third-order valence-corrected chi connectivity index (χ3v) is 12.4. The number of thiophene rings is 1. The molecule has 0 aliphatic carbocycles. The van der Waals surface area contributed by atoms with Gasteiger partial charge in [-0.05, 0) is 48.9 Å². The molecule has 1 amide bonds. The van der Waals surface area contributed by atoms with Crippen molar-refractivity contribution in [3.8, 4) is 10.4 Å². The minimum atomic E-state index is -3.93. The van der Waals surface area contributed by atoms with Crippen molar-refractivity contribution in [2.45, 2.75) is 62.9 Å². The lowest BCUT2D eigenvalue weighted by Gasteiger charge is -2.31. The van der Waals surface area contributed by atoms with Gasteiger partial charge in [0.2, 0.25) is 15.9 Å². The summed E-state index contributed by atoms with van der Waals surface area (Å²) in [4.78, 5) is 19.9. The average molecular weight is 585 g/mol. The smallest absolute Gasteiger partial charge is 0.245 e. The molecular formula is C26H36N2O7S3. The van der Waals surface area contributed by atoms with Gasteiger partial charge in [-0.25, -0.2) is 31.5 Å². The van der Waals surface area contributed by atoms with Crippen LogP contribution in [0.3, 0.4) is 0 Å². The number of sulfone groups is 1. The highest BCUT2D eigenvalue weighted by molar-refractivity contribution is 7.92. The van der Waals surface area contributed by atoms with E-state index in [9.17, 15) is 21.6 Å². The summed E-state index contributed by atoms with van der Waals surface area (Å²) in [6.07, 6.45) is 4.59. The van der Waals surface area contributed by atoms with E-state index in [0.29, 0.717) is 17.9 Å². The SMILES string of the molecule is CCCc1ccc(-c2ccc(C3(CC(=O)NOC4CCCCO4)CCN(S(C)(=O)=O)CCS3(=O)=O)s2)cc1. The first-order chi connectivity index (χ1) is 18.0. The van der Waals surface area contributed by atoms with E-state index in [0.717, 1.165) is 42.4 Å². The van der Waals surface area contributed by atoms with Crippen molar-refractivity contribution in [1.29, 1.82) is 0 Å². The largest absolute Gasteiger partial charge is 0.350 e. The Hall–Kier alpha value is -1.83. The van der Waals surface area contributed by atoms with E-state index in [-0.39, 0.29) is 31.7 Å². The fourth-order valence-corrected chi connectivity index (χ4v) is 9.55. The Labute approximate surface area is 229 Å². The van der Waals surface area contributed by atoms with Crippen LogP contribution in [0.5, 0.6) is 0 Å². The van der Waals surface area contributed by atoms with E-state index >= 15 is 0 Å². The molecule has 1 aromatic carbocycles. The van der Waals surface area contributed by atoms with Gasteiger partial charge in [-0.1, -0.05) is 37.6 Å². The molecule has 210 valence electrons. The molecule has 1 aromatic heterocycles. The number of sulfonamides is 1. The Morgan fingerprint density at radius 1 is 1.18 bits per heavy atom. The summed E-state index contributed by atoms with van der Waals surface area (Å²) in [6, 6.07) is 11.8. The number of aryl methyl sites for hydroxylation is 1. The number of nitrogens with one attached hydrogen (secondary N) is 1. The molecule has 12 heteroatoms. The molecular weight excluding hydrogens is 548 g/mol. The average Bonchev–Trinajstić information content (AvgIpc) is 3.33. The van der Waals surface area contributed by atoms with Gasteiger partial charge in [0.25, 0.3) is 0 Å². The number of ether oxygens (including phenoxy) is 1. The van der Waals surface area contributed by atoms with Gasteiger partial charge in [0.15, 0.2) is 16.1 Å². The van der Waals surface area contributed by atoms with Crippen molar-refractivity contribution in [1.82, 2.24) is 9.79 Å². The minimum Gasteiger partial charge on any atom is -0.350 e. The van der Waals surface area contributed by atoms with Crippen LogP contribution in [-0.2, 0) is 45.4 Å². The number of benzene rings is 1. The fraction of sp³-hybridized carbons (Fsp3) is 0.577. The lowest BCUT2D eigenvalue weighted by atomic mass is 9.97. The maximum Gasteiger partial charge on any atom is 0.245 e. The van der Waals surface area contributed by atoms with Crippen LogP contribution >= 0.6 is 11.3 Å². The zero-order valence-corrected chi connectivity index (χ0v) is 24.3. The Bertz CT molecular complexity index is 1320. The molecule has 2 unspecified atom stereocenters. The number of nitrogens with zero attached hydrogens (tertiary/aromatic N) is 1. The van der Waals surface area contributed by atoms with Gasteiger partial charge in [0.05, 0.1) is 18.4 Å². The first-order valence-electron chi connectivity index (χ1n) is 13.0. The van der Waals surface area contributed by atoms with E-state index < -0.39 is 36.8 Å². The predicted octanol–water partition coefficient (Wildman–Crippen LogP) is 3.61. The molecule has 2 aliphatic heterocycles. The fourth-order valence-electron chi connectivity index (χ4n) is 4.98. The third kappa shape index (κ3) is 6.65. The molecule has 4 rings (SSSR count). The van der Waals surface area contributed by atoms with E-state index in [1.54, 1.807) is 6.07 Å². The molecule has 0 bridgehead atoms. The first kappa shape index (κ1) is 29.2. The molecule has 2 aromatic rings. The Morgan fingerprint density at radius 2 is 1.95 bits per heavy atom. The van der Waals surface area contributed by atoms with Crippen molar-refractivity contribution >= 4 is 37.1 Å². The summed E-state index contributed by atoms with van der Waals surface area (Å²) in [5.74, 6) is -0.965. The highest BCUT2D eigenvalue weighted by Gasteiger charge is 2.50. The Kier molecular flexibility index (Phi) is 9.31. The van der Waals surface area contributed by atoms with Crippen LogP contribution in [0.25, 0.3) is 10.4 Å². The molecule has 2 atom stereocenters. The number of rotatable bonds is 9. The quantitative estimate of drug-likeness (QED) is 0.447. The summed E-state index contributed by atoms with van der Waals surface area (Å²) in [5.41, 5.74) is 4.59. The third-order valence-electron chi connectivity index (χ3n) is 7.16. The highest BCUT2D eigenvalue weighted by atomic mass is 32.2. The number of hydrogen-bond donors (Lipinski definition) is 1. The zero-order valence-electron chi connectivity index (χ0n) is 21.8. The van der Waals surface area contributed by atoms with Crippen LogP contribution in [0.4, 0.5) is 0 Å². The topological polar surface area (TPSA) is 119 Å².